The molecule has 1 heterocycles. The Morgan fingerprint density at radius 2 is 1.87 bits per heavy atom. The van der Waals surface area contributed by atoms with Crippen LogP contribution in [0.4, 0.5) is 0 Å². The maximum Gasteiger partial charge on any atom is 0.241 e. The van der Waals surface area contributed by atoms with E-state index in [1.54, 1.807) is 12.1 Å². The minimum absolute atomic E-state index is 0.273. The zero-order chi connectivity index (χ0) is 16.2. The fraction of sp³-hybridized carbons (Fsp3) is 0.222. The van der Waals surface area contributed by atoms with Gasteiger partial charge in [-0.15, -0.1) is 0 Å². The van der Waals surface area contributed by atoms with Gasteiger partial charge >= 0.3 is 0 Å². The Hall–Kier alpha value is -2.66. The van der Waals surface area contributed by atoms with E-state index in [0.717, 1.165) is 11.1 Å². The average Bonchev–Trinajstić information content (AvgIpc) is 2.96. The Kier molecular flexibility index (Phi) is 4.39. The predicted molar refractivity (Wildman–Crippen MR) is 87.7 cm³/mol. The summed E-state index contributed by atoms with van der Waals surface area (Å²) in [5.74, 6) is 1.45. The molecule has 118 valence electrons. The first-order chi connectivity index (χ1) is 11.1. The van der Waals surface area contributed by atoms with Crippen LogP contribution in [0.5, 0.6) is 5.75 Å². The van der Waals surface area contributed by atoms with Crippen molar-refractivity contribution in [3.63, 3.8) is 0 Å². The third-order valence-corrected chi connectivity index (χ3v) is 3.55. The van der Waals surface area contributed by atoms with Gasteiger partial charge in [-0.25, -0.2) is 0 Å². The Morgan fingerprint density at radius 3 is 2.61 bits per heavy atom. The first-order valence-corrected chi connectivity index (χ1v) is 7.46. The highest BCUT2D eigenvalue weighted by molar-refractivity contribution is 5.54. The number of aryl methyl sites for hydroxylation is 1. The van der Waals surface area contributed by atoms with Crippen molar-refractivity contribution in [2.24, 2.45) is 0 Å². The van der Waals surface area contributed by atoms with E-state index in [2.05, 4.69) is 15.0 Å². The summed E-state index contributed by atoms with van der Waals surface area (Å²) < 4.78 is 5.33. The van der Waals surface area contributed by atoms with E-state index in [4.69, 9.17) is 4.52 Å². The summed E-state index contributed by atoms with van der Waals surface area (Å²) in [7, 11) is 1.97. The quantitative estimate of drug-likeness (QED) is 0.783. The van der Waals surface area contributed by atoms with Gasteiger partial charge in [0.1, 0.15) is 5.75 Å². The van der Waals surface area contributed by atoms with Crippen molar-refractivity contribution in [1.29, 1.82) is 0 Å². The molecule has 3 rings (SSSR count). The van der Waals surface area contributed by atoms with Crippen molar-refractivity contribution < 1.29 is 9.63 Å². The summed E-state index contributed by atoms with van der Waals surface area (Å²) in [5, 5.41) is 13.5. The highest BCUT2D eigenvalue weighted by Gasteiger charge is 2.11. The van der Waals surface area contributed by atoms with E-state index >= 15 is 0 Å². The number of phenolic OH excluding ortho intramolecular Hbond substituents is 1. The molecule has 0 saturated carbocycles. The molecule has 0 atom stereocenters. The number of benzene rings is 2. The standard InChI is InChI=1S/C18H19N3O2/c1-13-6-8-15(9-7-13)18-19-17(23-20-18)12-21(2)11-14-4-3-5-16(22)10-14/h3-10,22H,11-12H2,1-2H3. The summed E-state index contributed by atoms with van der Waals surface area (Å²) in [5.41, 5.74) is 3.18. The lowest BCUT2D eigenvalue weighted by Gasteiger charge is -2.14. The number of rotatable bonds is 5. The molecule has 0 aliphatic rings. The van der Waals surface area contributed by atoms with Crippen LogP contribution in [0.3, 0.4) is 0 Å². The number of nitrogens with zero attached hydrogens (tertiary/aromatic N) is 3. The number of aromatic nitrogens is 2. The van der Waals surface area contributed by atoms with Crippen LogP contribution in [0.15, 0.2) is 53.1 Å². The monoisotopic (exact) mass is 309 g/mol. The molecule has 0 saturated heterocycles. The number of hydrogen-bond acceptors (Lipinski definition) is 5. The van der Waals surface area contributed by atoms with Crippen LogP contribution < -0.4 is 0 Å². The minimum atomic E-state index is 0.273. The first-order valence-electron chi connectivity index (χ1n) is 7.46. The van der Waals surface area contributed by atoms with Gasteiger partial charge < -0.3 is 9.63 Å². The fourth-order valence-electron chi connectivity index (χ4n) is 2.39. The van der Waals surface area contributed by atoms with Crippen LogP contribution >= 0.6 is 0 Å². The largest absolute Gasteiger partial charge is 0.508 e. The first kappa shape index (κ1) is 15.2. The molecule has 0 spiro atoms. The molecular formula is C18H19N3O2. The molecule has 0 aliphatic heterocycles. The topological polar surface area (TPSA) is 62.4 Å². The molecule has 0 amide bonds. The average molecular weight is 309 g/mol. The van der Waals surface area contributed by atoms with Gasteiger partial charge in [0, 0.05) is 12.1 Å². The number of phenols is 1. The fourth-order valence-corrected chi connectivity index (χ4v) is 2.39. The Balaban J connectivity index is 1.65. The molecule has 0 bridgehead atoms. The molecule has 2 aromatic carbocycles. The Morgan fingerprint density at radius 1 is 1.09 bits per heavy atom. The SMILES string of the molecule is Cc1ccc(-c2noc(CN(C)Cc3cccc(O)c3)n2)cc1. The number of hydrogen-bond donors (Lipinski definition) is 1. The molecule has 5 nitrogen and oxygen atoms in total. The van der Waals surface area contributed by atoms with Crippen molar-refractivity contribution in [2.45, 2.75) is 20.0 Å². The number of aromatic hydroxyl groups is 1. The van der Waals surface area contributed by atoms with Gasteiger partial charge in [0.25, 0.3) is 0 Å². The van der Waals surface area contributed by atoms with Crippen molar-refractivity contribution in [3.8, 4) is 17.1 Å². The molecule has 0 fully saturated rings. The second-order valence-corrected chi connectivity index (χ2v) is 5.72. The predicted octanol–water partition coefficient (Wildman–Crippen LogP) is 3.38. The van der Waals surface area contributed by atoms with Crippen LogP contribution in [0, 0.1) is 6.92 Å². The van der Waals surface area contributed by atoms with Crippen LogP contribution in [0.1, 0.15) is 17.0 Å². The maximum atomic E-state index is 9.51. The molecule has 1 aromatic heterocycles. The van der Waals surface area contributed by atoms with Crippen LogP contribution in [-0.4, -0.2) is 27.2 Å². The van der Waals surface area contributed by atoms with Gasteiger partial charge in [-0.2, -0.15) is 4.98 Å². The molecule has 3 aromatic rings. The van der Waals surface area contributed by atoms with E-state index in [0.29, 0.717) is 24.8 Å². The Labute approximate surface area is 135 Å². The molecule has 0 radical (unpaired) electrons. The molecular weight excluding hydrogens is 290 g/mol. The second-order valence-electron chi connectivity index (χ2n) is 5.72. The molecule has 0 unspecified atom stereocenters. The van der Waals surface area contributed by atoms with E-state index in [-0.39, 0.29) is 5.75 Å². The second kappa shape index (κ2) is 6.62. The zero-order valence-corrected chi connectivity index (χ0v) is 13.2. The maximum absolute atomic E-state index is 9.51. The van der Waals surface area contributed by atoms with E-state index < -0.39 is 0 Å². The lowest BCUT2D eigenvalue weighted by molar-refractivity contribution is 0.260. The zero-order valence-electron chi connectivity index (χ0n) is 13.2. The summed E-state index contributed by atoms with van der Waals surface area (Å²) >= 11 is 0. The summed E-state index contributed by atoms with van der Waals surface area (Å²) in [6.45, 7) is 3.28. The van der Waals surface area contributed by atoms with Gasteiger partial charge in [-0.1, -0.05) is 47.1 Å². The molecule has 0 aliphatic carbocycles. The molecule has 23 heavy (non-hydrogen) atoms. The van der Waals surface area contributed by atoms with Crippen LogP contribution in [0.25, 0.3) is 11.4 Å². The van der Waals surface area contributed by atoms with Crippen molar-refractivity contribution >= 4 is 0 Å². The van der Waals surface area contributed by atoms with E-state index in [1.807, 2.05) is 50.4 Å². The van der Waals surface area contributed by atoms with Crippen molar-refractivity contribution in [2.75, 3.05) is 7.05 Å². The lowest BCUT2D eigenvalue weighted by Crippen LogP contribution is -2.17. The van der Waals surface area contributed by atoms with E-state index in [1.165, 1.54) is 5.56 Å². The highest BCUT2D eigenvalue weighted by Crippen LogP contribution is 2.17. The van der Waals surface area contributed by atoms with Crippen molar-refractivity contribution in [1.82, 2.24) is 15.0 Å². The third-order valence-electron chi connectivity index (χ3n) is 3.55. The van der Waals surface area contributed by atoms with Crippen LogP contribution in [-0.2, 0) is 13.1 Å². The smallest absolute Gasteiger partial charge is 0.241 e. The van der Waals surface area contributed by atoms with Crippen molar-refractivity contribution in [3.05, 3.63) is 65.5 Å². The summed E-state index contributed by atoms with van der Waals surface area (Å²) in [6, 6.07) is 15.2. The highest BCUT2D eigenvalue weighted by atomic mass is 16.5. The normalized spacial score (nSPS) is 11.1. The molecule has 1 N–H and O–H groups in total. The lowest BCUT2D eigenvalue weighted by atomic mass is 10.1. The summed E-state index contributed by atoms with van der Waals surface area (Å²) in [4.78, 5) is 6.50. The molecule has 5 heteroatoms. The Bertz CT molecular complexity index is 781. The summed E-state index contributed by atoms with van der Waals surface area (Å²) in [6.07, 6.45) is 0. The van der Waals surface area contributed by atoms with Gasteiger partial charge in [-0.3, -0.25) is 4.90 Å². The van der Waals surface area contributed by atoms with Gasteiger partial charge in [0.05, 0.1) is 6.54 Å². The van der Waals surface area contributed by atoms with Gasteiger partial charge in [-0.05, 0) is 31.7 Å². The van der Waals surface area contributed by atoms with E-state index in [9.17, 15) is 5.11 Å². The third kappa shape index (κ3) is 3.96. The van der Waals surface area contributed by atoms with Gasteiger partial charge in [0.2, 0.25) is 11.7 Å². The van der Waals surface area contributed by atoms with Gasteiger partial charge in [0.15, 0.2) is 0 Å². The minimum Gasteiger partial charge on any atom is -0.508 e. The van der Waals surface area contributed by atoms with Crippen LogP contribution in [0.2, 0.25) is 0 Å².